The van der Waals surface area contributed by atoms with Crippen molar-refractivity contribution in [2.75, 3.05) is 0 Å². The first-order chi connectivity index (χ1) is 6.71. The van der Waals surface area contributed by atoms with E-state index < -0.39 is 0 Å². The van der Waals surface area contributed by atoms with Crippen LogP contribution in [0, 0.1) is 0 Å². The van der Waals surface area contributed by atoms with Gasteiger partial charge in [-0.2, -0.15) is 0 Å². The maximum absolute atomic E-state index is 6.03. The van der Waals surface area contributed by atoms with Crippen molar-refractivity contribution in [1.29, 1.82) is 0 Å². The van der Waals surface area contributed by atoms with Crippen molar-refractivity contribution >= 4 is 0 Å². The Morgan fingerprint density at radius 3 is 3.07 bits per heavy atom. The van der Waals surface area contributed by atoms with E-state index in [1.807, 2.05) is 18.5 Å². The average Bonchev–Trinajstić information content (AvgIpc) is 2.19. The molecule has 0 saturated heterocycles. The van der Waals surface area contributed by atoms with Gasteiger partial charge in [0.05, 0.1) is 0 Å². The molecule has 2 N–H and O–H groups in total. The molecule has 76 valence electrons. The number of hydrogen-bond acceptors (Lipinski definition) is 2. The summed E-state index contributed by atoms with van der Waals surface area (Å²) in [5.74, 6) is 0. The third kappa shape index (κ3) is 1.80. The predicted molar refractivity (Wildman–Crippen MR) is 58.0 cm³/mol. The number of nitrogens with two attached hydrogens (primary N) is 1. The summed E-state index contributed by atoms with van der Waals surface area (Å²) >= 11 is 0. The minimum atomic E-state index is 0.256. The van der Waals surface area contributed by atoms with Crippen LogP contribution in [0.3, 0.4) is 0 Å². The van der Waals surface area contributed by atoms with E-state index in [0.717, 1.165) is 6.42 Å². The van der Waals surface area contributed by atoms with Gasteiger partial charge in [0.15, 0.2) is 0 Å². The molecule has 14 heavy (non-hydrogen) atoms. The summed E-state index contributed by atoms with van der Waals surface area (Å²) in [5, 5.41) is 0. The lowest BCUT2D eigenvalue weighted by Gasteiger charge is -2.37. The number of aromatic nitrogens is 1. The van der Waals surface area contributed by atoms with Gasteiger partial charge in [-0.05, 0) is 36.3 Å². The molecule has 0 radical (unpaired) electrons. The zero-order valence-electron chi connectivity index (χ0n) is 8.74. The lowest BCUT2D eigenvalue weighted by molar-refractivity contribution is 0.287. The van der Waals surface area contributed by atoms with E-state index in [1.54, 1.807) is 0 Å². The van der Waals surface area contributed by atoms with Crippen LogP contribution in [0.1, 0.15) is 38.2 Å². The highest BCUT2D eigenvalue weighted by Gasteiger charge is 2.32. The molecule has 1 aliphatic rings. The molecule has 2 unspecified atom stereocenters. The number of nitrogens with zero attached hydrogens (tertiary/aromatic N) is 1. The SMILES string of the molecule is CC1(c2cccnc2)CCCC(N)C1. The van der Waals surface area contributed by atoms with Crippen LogP contribution in [0.25, 0.3) is 0 Å². The molecule has 0 bridgehead atoms. The molecule has 1 heterocycles. The van der Waals surface area contributed by atoms with Crippen LogP contribution in [0.2, 0.25) is 0 Å². The highest BCUT2D eigenvalue weighted by Crippen LogP contribution is 2.37. The second-order valence-electron chi connectivity index (χ2n) is 4.66. The Hall–Kier alpha value is -0.890. The van der Waals surface area contributed by atoms with Crippen LogP contribution in [0.15, 0.2) is 24.5 Å². The van der Waals surface area contributed by atoms with Gasteiger partial charge in [-0.15, -0.1) is 0 Å². The van der Waals surface area contributed by atoms with Gasteiger partial charge >= 0.3 is 0 Å². The first-order valence-electron chi connectivity index (χ1n) is 5.37. The molecule has 2 atom stereocenters. The summed E-state index contributed by atoms with van der Waals surface area (Å²) in [6.07, 6.45) is 8.57. The van der Waals surface area contributed by atoms with E-state index in [1.165, 1.54) is 24.8 Å². The summed E-state index contributed by atoms with van der Waals surface area (Å²) in [6.45, 7) is 2.31. The third-order valence-electron chi connectivity index (χ3n) is 3.37. The highest BCUT2D eigenvalue weighted by atomic mass is 14.7. The summed E-state index contributed by atoms with van der Waals surface area (Å²) in [4.78, 5) is 4.19. The Balaban J connectivity index is 2.23. The Bertz CT molecular complexity index is 296. The molecule has 2 heteroatoms. The fourth-order valence-electron chi connectivity index (χ4n) is 2.52. The van der Waals surface area contributed by atoms with E-state index in [-0.39, 0.29) is 5.41 Å². The zero-order chi connectivity index (χ0) is 10.0. The van der Waals surface area contributed by atoms with Gasteiger partial charge in [0, 0.05) is 18.4 Å². The van der Waals surface area contributed by atoms with Gasteiger partial charge in [0.2, 0.25) is 0 Å². The van der Waals surface area contributed by atoms with E-state index in [0.29, 0.717) is 6.04 Å². The molecule has 1 saturated carbocycles. The van der Waals surface area contributed by atoms with Gasteiger partial charge in [-0.1, -0.05) is 19.4 Å². The molecule has 2 rings (SSSR count). The van der Waals surface area contributed by atoms with Crippen molar-refractivity contribution in [3.05, 3.63) is 30.1 Å². The minimum Gasteiger partial charge on any atom is -0.328 e. The molecular weight excluding hydrogens is 172 g/mol. The van der Waals surface area contributed by atoms with Crippen LogP contribution in [-0.4, -0.2) is 11.0 Å². The molecular formula is C12H18N2. The van der Waals surface area contributed by atoms with Crippen molar-refractivity contribution in [1.82, 2.24) is 4.98 Å². The largest absolute Gasteiger partial charge is 0.328 e. The van der Waals surface area contributed by atoms with E-state index in [9.17, 15) is 0 Å². The van der Waals surface area contributed by atoms with Crippen molar-refractivity contribution in [2.24, 2.45) is 5.73 Å². The molecule has 0 aliphatic heterocycles. The fraction of sp³-hybridized carbons (Fsp3) is 0.583. The summed E-state index contributed by atoms with van der Waals surface area (Å²) in [5.41, 5.74) is 7.63. The zero-order valence-corrected chi connectivity index (χ0v) is 8.74. The topological polar surface area (TPSA) is 38.9 Å². The van der Waals surface area contributed by atoms with Crippen LogP contribution in [0.4, 0.5) is 0 Å². The predicted octanol–water partition coefficient (Wildman–Crippen LogP) is 2.24. The monoisotopic (exact) mass is 190 g/mol. The average molecular weight is 190 g/mol. The van der Waals surface area contributed by atoms with Gasteiger partial charge in [-0.25, -0.2) is 0 Å². The lowest BCUT2D eigenvalue weighted by Crippen LogP contribution is -2.37. The Morgan fingerprint density at radius 1 is 1.57 bits per heavy atom. The quantitative estimate of drug-likeness (QED) is 0.737. The van der Waals surface area contributed by atoms with Crippen LogP contribution >= 0.6 is 0 Å². The lowest BCUT2D eigenvalue weighted by atomic mass is 9.70. The van der Waals surface area contributed by atoms with Crippen molar-refractivity contribution in [3.8, 4) is 0 Å². The molecule has 1 fully saturated rings. The van der Waals surface area contributed by atoms with E-state index in [4.69, 9.17) is 5.73 Å². The van der Waals surface area contributed by atoms with Crippen molar-refractivity contribution in [2.45, 2.75) is 44.1 Å². The summed E-state index contributed by atoms with van der Waals surface area (Å²) < 4.78 is 0. The molecule has 1 aliphatic carbocycles. The second-order valence-corrected chi connectivity index (χ2v) is 4.66. The van der Waals surface area contributed by atoms with Crippen molar-refractivity contribution in [3.63, 3.8) is 0 Å². The summed E-state index contributed by atoms with van der Waals surface area (Å²) in [7, 11) is 0. The Kier molecular flexibility index (Phi) is 2.55. The Labute approximate surface area is 85.5 Å². The fourth-order valence-corrected chi connectivity index (χ4v) is 2.52. The van der Waals surface area contributed by atoms with Crippen LogP contribution < -0.4 is 5.73 Å². The van der Waals surface area contributed by atoms with E-state index >= 15 is 0 Å². The third-order valence-corrected chi connectivity index (χ3v) is 3.37. The van der Waals surface area contributed by atoms with Gasteiger partial charge in [-0.3, -0.25) is 4.98 Å². The number of pyridine rings is 1. The molecule has 0 spiro atoms. The Morgan fingerprint density at radius 2 is 2.43 bits per heavy atom. The number of hydrogen-bond donors (Lipinski definition) is 1. The van der Waals surface area contributed by atoms with E-state index in [2.05, 4.69) is 18.0 Å². The molecule has 0 aromatic carbocycles. The van der Waals surface area contributed by atoms with Crippen LogP contribution in [0.5, 0.6) is 0 Å². The standard InChI is InChI=1S/C12H18N2/c1-12(6-2-5-11(13)8-12)10-4-3-7-14-9-10/h3-4,7,9,11H,2,5-6,8,13H2,1H3. The highest BCUT2D eigenvalue weighted by molar-refractivity contribution is 5.21. The minimum absolute atomic E-state index is 0.256. The number of rotatable bonds is 1. The maximum Gasteiger partial charge on any atom is 0.0305 e. The molecule has 0 amide bonds. The first kappa shape index (κ1) is 9.66. The molecule has 1 aromatic rings. The molecule has 1 aromatic heterocycles. The van der Waals surface area contributed by atoms with Crippen molar-refractivity contribution < 1.29 is 0 Å². The first-order valence-corrected chi connectivity index (χ1v) is 5.37. The molecule has 2 nitrogen and oxygen atoms in total. The second kappa shape index (κ2) is 3.70. The van der Waals surface area contributed by atoms with Gasteiger partial charge < -0.3 is 5.73 Å². The van der Waals surface area contributed by atoms with Gasteiger partial charge in [0.1, 0.15) is 0 Å². The smallest absolute Gasteiger partial charge is 0.0305 e. The van der Waals surface area contributed by atoms with Gasteiger partial charge in [0.25, 0.3) is 0 Å². The van der Waals surface area contributed by atoms with Crippen LogP contribution in [-0.2, 0) is 5.41 Å². The summed E-state index contributed by atoms with van der Waals surface area (Å²) in [6, 6.07) is 4.56. The normalized spacial score (nSPS) is 32.9. The maximum atomic E-state index is 6.03.